The maximum absolute atomic E-state index is 5.70. The standard InChI is InChI=1S/C15H24N2O/c1-12-9-13(12)11-17(2)7-4-8-18-15-6-3-5-14(16)10-15/h3,5-6,10,12-13H,4,7-9,11,16H2,1-2H3. The van der Waals surface area contributed by atoms with Crippen molar-refractivity contribution in [3.63, 3.8) is 0 Å². The van der Waals surface area contributed by atoms with E-state index in [9.17, 15) is 0 Å². The lowest BCUT2D eigenvalue weighted by Gasteiger charge is -2.16. The zero-order valence-corrected chi connectivity index (χ0v) is 11.4. The van der Waals surface area contributed by atoms with E-state index in [1.807, 2.05) is 24.3 Å². The van der Waals surface area contributed by atoms with Crippen LogP contribution in [0.15, 0.2) is 24.3 Å². The second-order valence-corrected chi connectivity index (χ2v) is 5.51. The minimum absolute atomic E-state index is 0.757. The van der Waals surface area contributed by atoms with E-state index in [2.05, 4.69) is 18.9 Å². The lowest BCUT2D eigenvalue weighted by Crippen LogP contribution is -2.23. The van der Waals surface area contributed by atoms with Crippen molar-refractivity contribution in [2.75, 3.05) is 32.5 Å². The molecule has 1 aliphatic carbocycles. The molecule has 3 heteroatoms. The SMILES string of the molecule is CC1CC1CN(C)CCCOc1cccc(N)c1. The zero-order chi connectivity index (χ0) is 13.0. The van der Waals surface area contributed by atoms with Gasteiger partial charge in [0.1, 0.15) is 5.75 Å². The number of ether oxygens (including phenoxy) is 1. The molecule has 3 nitrogen and oxygen atoms in total. The average molecular weight is 248 g/mol. The topological polar surface area (TPSA) is 38.5 Å². The normalized spacial score (nSPS) is 22.2. The lowest BCUT2D eigenvalue weighted by atomic mass is 10.3. The molecular weight excluding hydrogens is 224 g/mol. The molecule has 18 heavy (non-hydrogen) atoms. The molecule has 2 unspecified atom stereocenters. The lowest BCUT2D eigenvalue weighted by molar-refractivity contribution is 0.256. The van der Waals surface area contributed by atoms with E-state index in [0.717, 1.165) is 42.8 Å². The molecule has 0 saturated heterocycles. The van der Waals surface area contributed by atoms with Crippen LogP contribution in [0.5, 0.6) is 5.75 Å². The number of nitrogens with zero attached hydrogens (tertiary/aromatic N) is 1. The molecule has 0 bridgehead atoms. The molecule has 1 aromatic carbocycles. The Bertz CT molecular complexity index is 381. The monoisotopic (exact) mass is 248 g/mol. The molecule has 0 spiro atoms. The number of anilines is 1. The van der Waals surface area contributed by atoms with Crippen molar-refractivity contribution < 1.29 is 4.74 Å². The van der Waals surface area contributed by atoms with E-state index < -0.39 is 0 Å². The maximum atomic E-state index is 5.70. The van der Waals surface area contributed by atoms with Gasteiger partial charge in [0, 0.05) is 24.8 Å². The fourth-order valence-corrected chi connectivity index (χ4v) is 2.27. The van der Waals surface area contributed by atoms with Crippen LogP contribution in [0.2, 0.25) is 0 Å². The summed E-state index contributed by atoms with van der Waals surface area (Å²) < 4.78 is 5.67. The van der Waals surface area contributed by atoms with E-state index in [4.69, 9.17) is 10.5 Å². The van der Waals surface area contributed by atoms with E-state index in [1.165, 1.54) is 13.0 Å². The maximum Gasteiger partial charge on any atom is 0.121 e. The Hall–Kier alpha value is -1.22. The molecule has 0 heterocycles. The van der Waals surface area contributed by atoms with Gasteiger partial charge >= 0.3 is 0 Å². The van der Waals surface area contributed by atoms with Gasteiger partial charge in [-0.1, -0.05) is 13.0 Å². The van der Waals surface area contributed by atoms with Crippen molar-refractivity contribution in [3.05, 3.63) is 24.3 Å². The first kappa shape index (κ1) is 13.2. The molecule has 1 fully saturated rings. The van der Waals surface area contributed by atoms with E-state index >= 15 is 0 Å². The third-order valence-electron chi connectivity index (χ3n) is 3.63. The van der Waals surface area contributed by atoms with Gasteiger partial charge in [0.25, 0.3) is 0 Å². The van der Waals surface area contributed by atoms with Crippen molar-refractivity contribution in [2.45, 2.75) is 19.8 Å². The highest BCUT2D eigenvalue weighted by molar-refractivity contribution is 5.43. The third kappa shape index (κ3) is 4.22. The second-order valence-electron chi connectivity index (χ2n) is 5.51. The van der Waals surface area contributed by atoms with Gasteiger partial charge in [-0.05, 0) is 43.9 Å². The summed E-state index contributed by atoms with van der Waals surface area (Å²) in [4.78, 5) is 2.41. The Balaban J connectivity index is 1.58. The van der Waals surface area contributed by atoms with Crippen LogP contribution >= 0.6 is 0 Å². The van der Waals surface area contributed by atoms with Crippen molar-refractivity contribution in [1.82, 2.24) is 4.90 Å². The van der Waals surface area contributed by atoms with Crippen molar-refractivity contribution in [2.24, 2.45) is 11.8 Å². The molecule has 2 atom stereocenters. The zero-order valence-electron chi connectivity index (χ0n) is 11.4. The highest BCUT2D eigenvalue weighted by atomic mass is 16.5. The van der Waals surface area contributed by atoms with Crippen LogP contribution in [0.25, 0.3) is 0 Å². The first-order chi connectivity index (χ1) is 8.65. The van der Waals surface area contributed by atoms with Crippen molar-refractivity contribution >= 4 is 5.69 Å². The number of rotatable bonds is 7. The van der Waals surface area contributed by atoms with Gasteiger partial charge in [-0.3, -0.25) is 0 Å². The second kappa shape index (κ2) is 6.10. The summed E-state index contributed by atoms with van der Waals surface area (Å²) in [5, 5.41) is 0. The minimum atomic E-state index is 0.757. The van der Waals surface area contributed by atoms with Gasteiger partial charge in [-0.2, -0.15) is 0 Å². The van der Waals surface area contributed by atoms with Crippen LogP contribution in [0.3, 0.4) is 0 Å². The molecule has 0 aromatic heterocycles. The predicted molar refractivity (Wildman–Crippen MR) is 75.7 cm³/mol. The fraction of sp³-hybridized carbons (Fsp3) is 0.600. The molecule has 2 N–H and O–H groups in total. The van der Waals surface area contributed by atoms with Gasteiger partial charge in [-0.25, -0.2) is 0 Å². The Labute approximate surface area is 110 Å². The number of benzene rings is 1. The molecule has 0 aliphatic heterocycles. The first-order valence-corrected chi connectivity index (χ1v) is 6.82. The van der Waals surface area contributed by atoms with Gasteiger partial charge < -0.3 is 15.4 Å². The van der Waals surface area contributed by atoms with Gasteiger partial charge in [0.05, 0.1) is 6.61 Å². The number of hydrogen-bond donors (Lipinski definition) is 1. The molecule has 1 aromatic rings. The van der Waals surface area contributed by atoms with Gasteiger partial charge in [-0.15, -0.1) is 0 Å². The van der Waals surface area contributed by atoms with Crippen LogP contribution in [-0.2, 0) is 0 Å². The average Bonchev–Trinajstić information content (AvgIpc) is 3.00. The third-order valence-corrected chi connectivity index (χ3v) is 3.63. The van der Waals surface area contributed by atoms with Gasteiger partial charge in [0.15, 0.2) is 0 Å². The van der Waals surface area contributed by atoms with Crippen LogP contribution < -0.4 is 10.5 Å². The molecule has 0 radical (unpaired) electrons. The summed E-state index contributed by atoms with van der Waals surface area (Å²) in [6, 6.07) is 7.62. The van der Waals surface area contributed by atoms with E-state index in [0.29, 0.717) is 0 Å². The van der Waals surface area contributed by atoms with Crippen LogP contribution in [0.1, 0.15) is 19.8 Å². The smallest absolute Gasteiger partial charge is 0.121 e. The Kier molecular flexibility index (Phi) is 4.48. The van der Waals surface area contributed by atoms with Crippen molar-refractivity contribution in [3.8, 4) is 5.75 Å². The molecule has 1 aliphatic rings. The van der Waals surface area contributed by atoms with Crippen LogP contribution in [0, 0.1) is 11.8 Å². The highest BCUT2D eigenvalue weighted by Crippen LogP contribution is 2.37. The molecule has 100 valence electrons. The van der Waals surface area contributed by atoms with Crippen LogP contribution in [-0.4, -0.2) is 31.6 Å². The summed E-state index contributed by atoms with van der Waals surface area (Å²) in [6.07, 6.45) is 2.47. The quantitative estimate of drug-likeness (QED) is 0.595. The summed E-state index contributed by atoms with van der Waals surface area (Å²) in [7, 11) is 2.20. The van der Waals surface area contributed by atoms with Gasteiger partial charge in [0.2, 0.25) is 0 Å². The predicted octanol–water partition coefficient (Wildman–Crippen LogP) is 2.63. The Morgan fingerprint density at radius 3 is 2.89 bits per heavy atom. The summed E-state index contributed by atoms with van der Waals surface area (Å²) >= 11 is 0. The van der Waals surface area contributed by atoms with E-state index in [1.54, 1.807) is 0 Å². The molecule has 2 rings (SSSR count). The molecular formula is C15H24N2O. The summed E-state index contributed by atoms with van der Waals surface area (Å²) in [6.45, 7) is 5.43. The Morgan fingerprint density at radius 1 is 1.44 bits per heavy atom. The summed E-state index contributed by atoms with van der Waals surface area (Å²) in [5.41, 5.74) is 6.45. The van der Waals surface area contributed by atoms with E-state index in [-0.39, 0.29) is 0 Å². The fourth-order valence-electron chi connectivity index (χ4n) is 2.27. The Morgan fingerprint density at radius 2 is 2.22 bits per heavy atom. The largest absolute Gasteiger partial charge is 0.493 e. The number of hydrogen-bond acceptors (Lipinski definition) is 3. The number of nitrogen functional groups attached to an aromatic ring is 1. The summed E-state index contributed by atoms with van der Waals surface area (Å²) in [5.74, 6) is 2.74. The minimum Gasteiger partial charge on any atom is -0.493 e. The van der Waals surface area contributed by atoms with Crippen molar-refractivity contribution in [1.29, 1.82) is 0 Å². The highest BCUT2D eigenvalue weighted by Gasteiger charge is 2.32. The molecule has 0 amide bonds. The van der Waals surface area contributed by atoms with Crippen LogP contribution in [0.4, 0.5) is 5.69 Å². The molecule has 1 saturated carbocycles. The first-order valence-electron chi connectivity index (χ1n) is 6.82. The number of nitrogens with two attached hydrogens (primary N) is 1.